The maximum absolute atomic E-state index is 13.8. The molecule has 1 fully saturated rings. The summed E-state index contributed by atoms with van der Waals surface area (Å²) in [5.41, 5.74) is 11.4. The van der Waals surface area contributed by atoms with Crippen LogP contribution in [0.3, 0.4) is 0 Å². The SMILES string of the molecule is NCC1CCN(c2ccc(C(N)=O)cc2F)C1. The quantitative estimate of drug-likeness (QED) is 0.813. The first-order valence-electron chi connectivity index (χ1n) is 5.66. The van der Waals surface area contributed by atoms with E-state index in [1.165, 1.54) is 6.07 Å². The van der Waals surface area contributed by atoms with Crippen LogP contribution in [0, 0.1) is 11.7 Å². The molecule has 4 nitrogen and oxygen atoms in total. The zero-order valence-corrected chi connectivity index (χ0v) is 9.53. The topological polar surface area (TPSA) is 72.3 Å². The fraction of sp³-hybridized carbons (Fsp3) is 0.417. The molecule has 1 aromatic carbocycles. The van der Waals surface area contributed by atoms with Crippen LogP contribution in [0.2, 0.25) is 0 Å². The molecule has 2 rings (SSSR count). The van der Waals surface area contributed by atoms with Crippen LogP contribution < -0.4 is 16.4 Å². The van der Waals surface area contributed by atoms with Crippen LogP contribution in [0.1, 0.15) is 16.8 Å². The van der Waals surface area contributed by atoms with E-state index in [-0.39, 0.29) is 5.56 Å². The molecule has 0 spiro atoms. The number of benzene rings is 1. The average Bonchev–Trinajstić information content (AvgIpc) is 2.77. The molecule has 1 aromatic rings. The zero-order valence-electron chi connectivity index (χ0n) is 9.53. The fourth-order valence-corrected chi connectivity index (χ4v) is 2.16. The second-order valence-electron chi connectivity index (χ2n) is 4.37. The van der Waals surface area contributed by atoms with Gasteiger partial charge in [0.15, 0.2) is 0 Å². The molecule has 1 saturated heterocycles. The summed E-state index contributed by atoms with van der Waals surface area (Å²) in [6, 6.07) is 4.35. The molecule has 92 valence electrons. The molecule has 1 heterocycles. The number of halogens is 1. The number of carbonyl (C=O) groups is 1. The van der Waals surface area contributed by atoms with Crippen molar-refractivity contribution in [3.05, 3.63) is 29.6 Å². The number of amides is 1. The van der Waals surface area contributed by atoms with Crippen molar-refractivity contribution in [1.82, 2.24) is 0 Å². The van der Waals surface area contributed by atoms with Gasteiger partial charge in [0, 0.05) is 18.7 Å². The standard InChI is InChI=1S/C12H16FN3O/c13-10-5-9(12(15)17)1-2-11(10)16-4-3-8(6-14)7-16/h1-2,5,8H,3-4,6-7,14H2,(H2,15,17). The molecule has 1 aliphatic rings. The summed E-state index contributed by atoms with van der Waals surface area (Å²) >= 11 is 0. The van der Waals surface area contributed by atoms with Crippen LogP contribution in [0.15, 0.2) is 18.2 Å². The molecule has 0 aliphatic carbocycles. The zero-order chi connectivity index (χ0) is 12.4. The lowest BCUT2D eigenvalue weighted by atomic mass is 10.1. The van der Waals surface area contributed by atoms with Crippen molar-refractivity contribution < 1.29 is 9.18 Å². The van der Waals surface area contributed by atoms with E-state index in [1.54, 1.807) is 12.1 Å². The first kappa shape index (κ1) is 11.9. The third kappa shape index (κ3) is 2.39. The van der Waals surface area contributed by atoms with Crippen molar-refractivity contribution in [2.45, 2.75) is 6.42 Å². The van der Waals surface area contributed by atoms with E-state index in [4.69, 9.17) is 11.5 Å². The highest BCUT2D eigenvalue weighted by atomic mass is 19.1. The smallest absolute Gasteiger partial charge is 0.248 e. The number of rotatable bonds is 3. The van der Waals surface area contributed by atoms with Gasteiger partial charge in [0.2, 0.25) is 5.91 Å². The summed E-state index contributed by atoms with van der Waals surface area (Å²) < 4.78 is 13.8. The third-order valence-corrected chi connectivity index (χ3v) is 3.19. The summed E-state index contributed by atoms with van der Waals surface area (Å²) in [6.45, 7) is 2.19. The lowest BCUT2D eigenvalue weighted by molar-refractivity contribution is 0.1000. The molecular weight excluding hydrogens is 221 g/mol. The van der Waals surface area contributed by atoms with Gasteiger partial charge in [0.1, 0.15) is 5.82 Å². The van der Waals surface area contributed by atoms with E-state index in [1.807, 2.05) is 4.90 Å². The van der Waals surface area contributed by atoms with E-state index in [9.17, 15) is 9.18 Å². The lowest BCUT2D eigenvalue weighted by Gasteiger charge is -2.19. The number of primary amides is 1. The summed E-state index contributed by atoms with van der Waals surface area (Å²) in [7, 11) is 0. The van der Waals surface area contributed by atoms with Gasteiger partial charge in [-0.2, -0.15) is 0 Å². The Morgan fingerprint density at radius 1 is 1.53 bits per heavy atom. The lowest BCUT2D eigenvalue weighted by Crippen LogP contribution is -2.23. The summed E-state index contributed by atoms with van der Waals surface area (Å²) in [5, 5.41) is 0. The van der Waals surface area contributed by atoms with E-state index in [0.717, 1.165) is 19.5 Å². The van der Waals surface area contributed by atoms with Crippen molar-refractivity contribution in [2.75, 3.05) is 24.5 Å². The number of anilines is 1. The summed E-state index contributed by atoms with van der Waals surface area (Å²) in [4.78, 5) is 12.9. The third-order valence-electron chi connectivity index (χ3n) is 3.19. The minimum absolute atomic E-state index is 0.195. The molecule has 0 radical (unpaired) electrons. The number of nitrogens with zero attached hydrogens (tertiary/aromatic N) is 1. The Hall–Kier alpha value is -1.62. The Morgan fingerprint density at radius 3 is 2.82 bits per heavy atom. The Kier molecular flexibility index (Phi) is 3.28. The van der Waals surface area contributed by atoms with Gasteiger partial charge in [0.25, 0.3) is 0 Å². The molecule has 1 aliphatic heterocycles. The maximum atomic E-state index is 13.8. The van der Waals surface area contributed by atoms with Crippen LogP contribution in [-0.4, -0.2) is 25.5 Å². The molecule has 4 N–H and O–H groups in total. The highest BCUT2D eigenvalue weighted by Crippen LogP contribution is 2.26. The minimum atomic E-state index is -0.614. The molecular formula is C12H16FN3O. The van der Waals surface area contributed by atoms with E-state index < -0.39 is 11.7 Å². The van der Waals surface area contributed by atoms with Gasteiger partial charge in [-0.05, 0) is 37.1 Å². The number of hydrogen-bond donors (Lipinski definition) is 2. The Bertz CT molecular complexity index is 436. The van der Waals surface area contributed by atoms with E-state index in [2.05, 4.69) is 0 Å². The molecule has 0 saturated carbocycles. The molecule has 17 heavy (non-hydrogen) atoms. The van der Waals surface area contributed by atoms with Gasteiger partial charge >= 0.3 is 0 Å². The summed E-state index contributed by atoms with van der Waals surface area (Å²) in [5.74, 6) is -0.596. The monoisotopic (exact) mass is 237 g/mol. The molecule has 0 aromatic heterocycles. The van der Waals surface area contributed by atoms with Crippen molar-refractivity contribution in [2.24, 2.45) is 17.4 Å². The van der Waals surface area contributed by atoms with Crippen molar-refractivity contribution in [1.29, 1.82) is 0 Å². The van der Waals surface area contributed by atoms with Crippen LogP contribution in [0.4, 0.5) is 10.1 Å². The van der Waals surface area contributed by atoms with Gasteiger partial charge in [-0.15, -0.1) is 0 Å². The Balaban J connectivity index is 2.20. The number of hydrogen-bond acceptors (Lipinski definition) is 3. The molecule has 1 unspecified atom stereocenters. The Morgan fingerprint density at radius 2 is 2.29 bits per heavy atom. The average molecular weight is 237 g/mol. The normalized spacial score (nSPS) is 19.6. The first-order chi connectivity index (χ1) is 8.11. The molecule has 0 bridgehead atoms. The predicted octanol–water partition coefficient (Wildman–Crippen LogP) is 0.710. The van der Waals surface area contributed by atoms with Crippen LogP contribution in [-0.2, 0) is 0 Å². The van der Waals surface area contributed by atoms with E-state index >= 15 is 0 Å². The summed E-state index contributed by atoms with van der Waals surface area (Å²) in [6.07, 6.45) is 0.980. The highest BCUT2D eigenvalue weighted by molar-refractivity contribution is 5.93. The van der Waals surface area contributed by atoms with E-state index in [0.29, 0.717) is 18.2 Å². The van der Waals surface area contributed by atoms with Gasteiger partial charge in [0.05, 0.1) is 5.69 Å². The minimum Gasteiger partial charge on any atom is -0.369 e. The molecule has 1 amide bonds. The highest BCUT2D eigenvalue weighted by Gasteiger charge is 2.23. The van der Waals surface area contributed by atoms with Crippen LogP contribution in [0.5, 0.6) is 0 Å². The van der Waals surface area contributed by atoms with Gasteiger partial charge < -0.3 is 16.4 Å². The van der Waals surface area contributed by atoms with Crippen LogP contribution >= 0.6 is 0 Å². The van der Waals surface area contributed by atoms with Crippen molar-refractivity contribution in [3.8, 4) is 0 Å². The molecule has 1 atom stereocenters. The largest absolute Gasteiger partial charge is 0.369 e. The second kappa shape index (κ2) is 4.71. The number of carbonyl (C=O) groups excluding carboxylic acids is 1. The first-order valence-corrected chi connectivity index (χ1v) is 5.66. The fourth-order valence-electron chi connectivity index (χ4n) is 2.16. The Labute approximate surface area is 99.4 Å². The van der Waals surface area contributed by atoms with Crippen LogP contribution in [0.25, 0.3) is 0 Å². The number of nitrogens with two attached hydrogens (primary N) is 2. The van der Waals surface area contributed by atoms with Gasteiger partial charge in [-0.3, -0.25) is 4.79 Å². The van der Waals surface area contributed by atoms with Crippen molar-refractivity contribution >= 4 is 11.6 Å². The van der Waals surface area contributed by atoms with Crippen molar-refractivity contribution in [3.63, 3.8) is 0 Å². The predicted molar refractivity (Wildman–Crippen MR) is 64.3 cm³/mol. The van der Waals surface area contributed by atoms with Gasteiger partial charge in [-0.25, -0.2) is 4.39 Å². The second-order valence-corrected chi connectivity index (χ2v) is 4.37. The molecule has 5 heteroatoms. The van der Waals surface area contributed by atoms with Gasteiger partial charge in [-0.1, -0.05) is 0 Å². The maximum Gasteiger partial charge on any atom is 0.248 e.